The van der Waals surface area contributed by atoms with Gasteiger partial charge in [-0.05, 0) is 42.5 Å². The molecule has 1 aromatic carbocycles. The summed E-state index contributed by atoms with van der Waals surface area (Å²) in [7, 11) is 0. The molecule has 4 N–H and O–H groups in total. The molecule has 1 aliphatic carbocycles. The number of nitrogen functional groups attached to an aromatic ring is 1. The number of aromatic nitrogens is 1. The normalized spacial score (nSPS) is 17.0. The van der Waals surface area contributed by atoms with Crippen molar-refractivity contribution < 1.29 is 9.90 Å². The predicted molar refractivity (Wildman–Crippen MR) is 81.4 cm³/mol. The Morgan fingerprint density at radius 1 is 1.29 bits per heavy atom. The van der Waals surface area contributed by atoms with E-state index in [1.54, 1.807) is 6.07 Å². The quantitative estimate of drug-likeness (QED) is 0.806. The van der Waals surface area contributed by atoms with Crippen LogP contribution in [0.5, 0.6) is 0 Å². The number of fused-ring (bicyclic) bond motifs is 1. The second-order valence-electron chi connectivity index (χ2n) is 5.23. The first-order valence-electron chi connectivity index (χ1n) is 6.99. The molecule has 0 saturated carbocycles. The molecule has 3 rings (SSSR count). The van der Waals surface area contributed by atoms with Gasteiger partial charge < -0.3 is 16.2 Å². The molecule has 21 heavy (non-hydrogen) atoms. The first-order valence-corrected chi connectivity index (χ1v) is 6.99. The minimum absolute atomic E-state index is 0.00389. The van der Waals surface area contributed by atoms with Gasteiger partial charge in [-0.15, -0.1) is 0 Å². The maximum Gasteiger partial charge on any atom is 0.354 e. The van der Waals surface area contributed by atoms with Crippen LogP contribution >= 0.6 is 0 Å². The minimum atomic E-state index is -1.05. The number of hydrogen-bond donors (Lipinski definition) is 3. The van der Waals surface area contributed by atoms with Gasteiger partial charge in [0.15, 0.2) is 11.5 Å². The van der Waals surface area contributed by atoms with Crippen molar-refractivity contribution in [2.45, 2.75) is 25.3 Å². The molecule has 5 nitrogen and oxygen atoms in total. The zero-order valence-corrected chi connectivity index (χ0v) is 11.5. The van der Waals surface area contributed by atoms with Crippen LogP contribution in [0.4, 0.5) is 11.5 Å². The Morgan fingerprint density at radius 2 is 2.10 bits per heavy atom. The molecule has 1 aliphatic rings. The molecule has 0 aliphatic heterocycles. The average molecular weight is 283 g/mol. The number of nitrogens with one attached hydrogen (secondary N) is 1. The lowest BCUT2D eigenvalue weighted by atomic mass is 9.88. The topological polar surface area (TPSA) is 88.2 Å². The number of nitrogens with two attached hydrogens (primary N) is 1. The summed E-state index contributed by atoms with van der Waals surface area (Å²) in [6, 6.07) is 11.4. The molecule has 0 spiro atoms. The summed E-state index contributed by atoms with van der Waals surface area (Å²) in [5.74, 6) is -0.612. The van der Waals surface area contributed by atoms with E-state index >= 15 is 0 Å². The third-order valence-corrected chi connectivity index (χ3v) is 3.83. The number of carboxylic acids is 1. The average Bonchev–Trinajstić information content (AvgIpc) is 2.49. The van der Waals surface area contributed by atoms with Crippen LogP contribution in [0, 0.1) is 0 Å². The van der Waals surface area contributed by atoms with Gasteiger partial charge in [-0.1, -0.05) is 24.3 Å². The van der Waals surface area contributed by atoms with E-state index in [1.807, 2.05) is 12.1 Å². The monoisotopic (exact) mass is 283 g/mol. The van der Waals surface area contributed by atoms with E-state index in [0.29, 0.717) is 11.5 Å². The number of nitrogens with zero attached hydrogens (tertiary/aromatic N) is 1. The fourth-order valence-corrected chi connectivity index (χ4v) is 2.77. The van der Waals surface area contributed by atoms with Gasteiger partial charge in [0.05, 0.1) is 11.7 Å². The van der Waals surface area contributed by atoms with Crippen LogP contribution in [0.15, 0.2) is 36.4 Å². The Bertz CT molecular complexity index is 685. The van der Waals surface area contributed by atoms with Gasteiger partial charge in [0.1, 0.15) is 0 Å². The van der Waals surface area contributed by atoms with Gasteiger partial charge in [-0.2, -0.15) is 0 Å². The Balaban J connectivity index is 1.91. The van der Waals surface area contributed by atoms with Crippen LogP contribution in [0.2, 0.25) is 0 Å². The zero-order chi connectivity index (χ0) is 14.8. The Labute approximate surface area is 122 Å². The van der Waals surface area contributed by atoms with E-state index < -0.39 is 5.97 Å². The predicted octanol–water partition coefficient (Wildman–Crippen LogP) is 2.85. The standard InChI is InChI=1S/C16H17N3O2/c17-12-8-9-14(16(20)21)19-15(12)18-13-7-3-5-10-4-1-2-6-11(10)13/h1-2,4,6,8-9,13H,3,5,7,17H2,(H,18,19)(H,20,21). The number of anilines is 2. The summed E-state index contributed by atoms with van der Waals surface area (Å²) in [4.78, 5) is 15.1. The molecule has 1 unspecified atom stereocenters. The van der Waals surface area contributed by atoms with Crippen LogP contribution in [0.25, 0.3) is 0 Å². The molecule has 0 fully saturated rings. The van der Waals surface area contributed by atoms with Crippen LogP contribution in [-0.4, -0.2) is 16.1 Å². The van der Waals surface area contributed by atoms with Crippen molar-refractivity contribution in [3.63, 3.8) is 0 Å². The summed E-state index contributed by atoms with van der Waals surface area (Å²) < 4.78 is 0. The Kier molecular flexibility index (Phi) is 3.48. The van der Waals surface area contributed by atoms with Crippen molar-refractivity contribution in [1.82, 2.24) is 4.98 Å². The van der Waals surface area contributed by atoms with Gasteiger partial charge in [0.25, 0.3) is 0 Å². The highest BCUT2D eigenvalue weighted by molar-refractivity contribution is 5.86. The SMILES string of the molecule is Nc1ccc(C(=O)O)nc1NC1CCCc2ccccc21. The fraction of sp³-hybridized carbons (Fsp3) is 0.250. The number of rotatable bonds is 3. The minimum Gasteiger partial charge on any atom is -0.477 e. The van der Waals surface area contributed by atoms with E-state index in [-0.39, 0.29) is 11.7 Å². The second kappa shape index (κ2) is 5.44. The number of hydrogen-bond acceptors (Lipinski definition) is 4. The fourth-order valence-electron chi connectivity index (χ4n) is 2.77. The second-order valence-corrected chi connectivity index (χ2v) is 5.23. The largest absolute Gasteiger partial charge is 0.477 e. The summed E-state index contributed by atoms with van der Waals surface area (Å²) >= 11 is 0. The van der Waals surface area contributed by atoms with Crippen LogP contribution in [0.1, 0.15) is 40.5 Å². The van der Waals surface area contributed by atoms with Crippen molar-refractivity contribution in [1.29, 1.82) is 0 Å². The highest BCUT2D eigenvalue weighted by atomic mass is 16.4. The summed E-state index contributed by atoms with van der Waals surface area (Å²) in [6.45, 7) is 0. The van der Waals surface area contributed by atoms with E-state index in [0.717, 1.165) is 19.3 Å². The van der Waals surface area contributed by atoms with Gasteiger partial charge in [-0.25, -0.2) is 9.78 Å². The lowest BCUT2D eigenvalue weighted by Crippen LogP contribution is -2.19. The number of carbonyl (C=O) groups is 1. The van der Waals surface area contributed by atoms with Gasteiger partial charge in [0, 0.05) is 0 Å². The molecule has 1 atom stereocenters. The lowest BCUT2D eigenvalue weighted by molar-refractivity contribution is 0.0690. The van der Waals surface area contributed by atoms with E-state index in [1.165, 1.54) is 17.2 Å². The number of pyridine rings is 1. The van der Waals surface area contributed by atoms with Crippen molar-refractivity contribution in [3.05, 3.63) is 53.2 Å². The molecule has 0 bridgehead atoms. The number of aromatic carboxylic acids is 1. The maximum absolute atomic E-state index is 11.0. The first-order chi connectivity index (χ1) is 10.1. The Hall–Kier alpha value is -2.56. The van der Waals surface area contributed by atoms with Crippen molar-refractivity contribution in [3.8, 4) is 0 Å². The molecule has 0 saturated heterocycles. The molecular formula is C16H17N3O2. The van der Waals surface area contributed by atoms with Crippen molar-refractivity contribution >= 4 is 17.5 Å². The van der Waals surface area contributed by atoms with Crippen molar-refractivity contribution in [2.24, 2.45) is 0 Å². The van der Waals surface area contributed by atoms with Crippen LogP contribution < -0.4 is 11.1 Å². The molecule has 2 aromatic rings. The highest BCUT2D eigenvalue weighted by Gasteiger charge is 2.21. The van der Waals surface area contributed by atoms with E-state index in [9.17, 15) is 4.79 Å². The summed E-state index contributed by atoms with van der Waals surface area (Å²) in [5, 5.41) is 12.3. The Morgan fingerprint density at radius 3 is 2.90 bits per heavy atom. The third-order valence-electron chi connectivity index (χ3n) is 3.83. The van der Waals surface area contributed by atoms with E-state index in [2.05, 4.69) is 22.4 Å². The molecule has 1 aromatic heterocycles. The number of carboxylic acid groups (broad SMARTS) is 1. The molecule has 0 radical (unpaired) electrons. The third kappa shape index (κ3) is 2.67. The van der Waals surface area contributed by atoms with Gasteiger partial charge in [0.2, 0.25) is 0 Å². The molecular weight excluding hydrogens is 266 g/mol. The van der Waals surface area contributed by atoms with Crippen molar-refractivity contribution in [2.75, 3.05) is 11.1 Å². The van der Waals surface area contributed by atoms with E-state index in [4.69, 9.17) is 10.8 Å². The first kappa shape index (κ1) is 13.4. The maximum atomic E-state index is 11.0. The van der Waals surface area contributed by atoms with Gasteiger partial charge >= 0.3 is 5.97 Å². The lowest BCUT2D eigenvalue weighted by Gasteiger charge is -2.27. The molecule has 1 heterocycles. The summed E-state index contributed by atoms with van der Waals surface area (Å²) in [6.07, 6.45) is 3.15. The zero-order valence-electron chi connectivity index (χ0n) is 11.5. The molecule has 5 heteroatoms. The smallest absolute Gasteiger partial charge is 0.354 e. The number of aryl methyl sites for hydroxylation is 1. The number of benzene rings is 1. The summed E-state index contributed by atoms with van der Waals surface area (Å²) in [5.41, 5.74) is 8.94. The van der Waals surface area contributed by atoms with Crippen LogP contribution in [-0.2, 0) is 6.42 Å². The highest BCUT2D eigenvalue weighted by Crippen LogP contribution is 2.33. The molecule has 108 valence electrons. The van der Waals surface area contributed by atoms with Crippen LogP contribution in [0.3, 0.4) is 0 Å². The van der Waals surface area contributed by atoms with Gasteiger partial charge in [-0.3, -0.25) is 0 Å². The molecule has 0 amide bonds.